The third-order valence-corrected chi connectivity index (χ3v) is 4.93. The first-order valence-electron chi connectivity index (χ1n) is 10.0. The van der Waals surface area contributed by atoms with Crippen molar-refractivity contribution in [3.8, 4) is 11.3 Å². The molecule has 0 bridgehead atoms. The Labute approximate surface area is 179 Å². The van der Waals surface area contributed by atoms with Gasteiger partial charge < -0.3 is 20.1 Å². The molecule has 0 fully saturated rings. The molecule has 162 valence electrons. The van der Waals surface area contributed by atoms with Gasteiger partial charge in [-0.25, -0.2) is 15.8 Å². The molecule has 0 saturated carbocycles. The topological polar surface area (TPSA) is 133 Å². The van der Waals surface area contributed by atoms with E-state index in [1.807, 2.05) is 42.1 Å². The van der Waals surface area contributed by atoms with Gasteiger partial charge in [0.1, 0.15) is 12.4 Å². The van der Waals surface area contributed by atoms with Crippen LogP contribution in [0.25, 0.3) is 22.3 Å². The third kappa shape index (κ3) is 4.36. The second kappa shape index (κ2) is 9.13. The van der Waals surface area contributed by atoms with Gasteiger partial charge in [0, 0.05) is 41.7 Å². The zero-order chi connectivity index (χ0) is 21.8. The van der Waals surface area contributed by atoms with Gasteiger partial charge in [0.05, 0.1) is 37.3 Å². The number of aromatic nitrogens is 5. The fraction of sp³-hybridized carbons (Fsp3) is 0.286. The molecule has 0 aliphatic carbocycles. The third-order valence-electron chi connectivity index (χ3n) is 4.93. The summed E-state index contributed by atoms with van der Waals surface area (Å²) in [6, 6.07) is 7.51. The van der Waals surface area contributed by atoms with Crippen LogP contribution < -0.4 is 16.6 Å². The van der Waals surface area contributed by atoms with Crippen molar-refractivity contribution >= 4 is 22.5 Å². The van der Waals surface area contributed by atoms with Gasteiger partial charge in [-0.05, 0) is 31.2 Å². The number of anilines is 2. The highest BCUT2D eigenvalue weighted by atomic mass is 16.5. The lowest BCUT2D eigenvalue weighted by Crippen LogP contribution is -2.31. The summed E-state index contributed by atoms with van der Waals surface area (Å²) in [7, 11) is 0. The summed E-state index contributed by atoms with van der Waals surface area (Å²) in [6.07, 6.45) is 7.28. The largest absolute Gasteiger partial charge is 0.396 e. The Hall–Kier alpha value is -3.47. The van der Waals surface area contributed by atoms with Crippen LogP contribution in [-0.4, -0.2) is 42.6 Å². The van der Waals surface area contributed by atoms with E-state index in [2.05, 4.69) is 15.1 Å². The smallest absolute Gasteiger partial charge is 0.166 e. The minimum absolute atomic E-state index is 0.0177. The minimum Gasteiger partial charge on any atom is -0.396 e. The Morgan fingerprint density at radius 2 is 2.10 bits per heavy atom. The van der Waals surface area contributed by atoms with Crippen LogP contribution in [0.15, 0.2) is 49.1 Å². The van der Waals surface area contributed by atoms with Crippen molar-refractivity contribution in [2.24, 2.45) is 5.84 Å². The molecular formula is C21H26N8O2. The van der Waals surface area contributed by atoms with Crippen LogP contribution >= 0.6 is 0 Å². The van der Waals surface area contributed by atoms with E-state index in [-0.39, 0.29) is 6.61 Å². The highest BCUT2D eigenvalue weighted by Gasteiger charge is 2.16. The predicted octanol–water partition coefficient (Wildman–Crippen LogP) is 1.74. The highest BCUT2D eigenvalue weighted by molar-refractivity contribution is 5.81. The second-order valence-electron chi connectivity index (χ2n) is 7.07. The van der Waals surface area contributed by atoms with E-state index in [9.17, 15) is 0 Å². The lowest BCUT2D eigenvalue weighted by molar-refractivity contribution is 0.0904. The van der Waals surface area contributed by atoms with Crippen molar-refractivity contribution < 1.29 is 9.84 Å². The first kappa shape index (κ1) is 20.8. The first-order valence-corrected chi connectivity index (χ1v) is 10.0. The molecule has 4 aromatic rings. The molecule has 31 heavy (non-hydrogen) atoms. The van der Waals surface area contributed by atoms with Gasteiger partial charge in [0.2, 0.25) is 0 Å². The van der Waals surface area contributed by atoms with E-state index >= 15 is 0 Å². The number of pyridine rings is 2. The van der Waals surface area contributed by atoms with Gasteiger partial charge in [0.15, 0.2) is 5.82 Å². The number of aliphatic hydroxyl groups is 1. The number of rotatable bonds is 9. The molecular weight excluding hydrogens is 396 g/mol. The van der Waals surface area contributed by atoms with Crippen molar-refractivity contribution in [1.29, 1.82) is 0 Å². The van der Waals surface area contributed by atoms with Crippen LogP contribution in [0.4, 0.5) is 11.5 Å². The standard InChI is InChI=1S/C21H26N8O2/c1-2-31-14-27-11-16(17-4-3-7-24-20(17)27)13-29(23)21-18(22)5-6-19(26-21)15-10-25-28(12-15)8-9-30/h3-7,10-12,30H,2,8-9,13-14,22-23H2,1H3. The first-order chi connectivity index (χ1) is 15.1. The molecule has 0 aliphatic rings. The predicted molar refractivity (Wildman–Crippen MR) is 119 cm³/mol. The maximum atomic E-state index is 9.09. The summed E-state index contributed by atoms with van der Waals surface area (Å²) < 4.78 is 9.18. The molecule has 10 heteroatoms. The van der Waals surface area contributed by atoms with E-state index in [0.29, 0.717) is 43.6 Å². The normalized spacial score (nSPS) is 11.3. The number of nitrogens with two attached hydrogens (primary N) is 2. The summed E-state index contributed by atoms with van der Waals surface area (Å²) in [5.41, 5.74) is 10.0. The van der Waals surface area contributed by atoms with Crippen LogP contribution in [0.1, 0.15) is 12.5 Å². The van der Waals surface area contributed by atoms with Crippen molar-refractivity contribution in [3.05, 3.63) is 54.6 Å². The van der Waals surface area contributed by atoms with Crippen molar-refractivity contribution in [1.82, 2.24) is 24.3 Å². The maximum absolute atomic E-state index is 9.09. The monoisotopic (exact) mass is 422 g/mol. The molecule has 0 unspecified atom stereocenters. The Bertz CT molecular complexity index is 1170. The highest BCUT2D eigenvalue weighted by Crippen LogP contribution is 2.27. The summed E-state index contributed by atoms with van der Waals surface area (Å²) >= 11 is 0. The number of aliphatic hydroxyl groups excluding tert-OH is 1. The lowest BCUT2D eigenvalue weighted by Gasteiger charge is -2.19. The van der Waals surface area contributed by atoms with Crippen molar-refractivity contribution in [2.45, 2.75) is 26.7 Å². The lowest BCUT2D eigenvalue weighted by atomic mass is 10.2. The molecule has 0 radical (unpaired) electrons. The van der Waals surface area contributed by atoms with Crippen LogP contribution in [0.3, 0.4) is 0 Å². The van der Waals surface area contributed by atoms with Crippen LogP contribution in [0.5, 0.6) is 0 Å². The molecule has 10 nitrogen and oxygen atoms in total. The van der Waals surface area contributed by atoms with E-state index in [0.717, 1.165) is 22.2 Å². The molecule has 0 aliphatic heterocycles. The molecule has 0 amide bonds. The number of hydrogen-bond acceptors (Lipinski definition) is 8. The summed E-state index contributed by atoms with van der Waals surface area (Å²) in [5.74, 6) is 6.88. The Balaban J connectivity index is 1.62. The van der Waals surface area contributed by atoms with Gasteiger partial charge in [-0.15, -0.1) is 0 Å². The Kier molecular flexibility index (Phi) is 6.12. The molecule has 0 atom stereocenters. The molecule has 4 aromatic heterocycles. The quantitative estimate of drug-likeness (QED) is 0.274. The maximum Gasteiger partial charge on any atom is 0.166 e. The van der Waals surface area contributed by atoms with Gasteiger partial charge in [-0.2, -0.15) is 5.10 Å². The minimum atomic E-state index is 0.0177. The summed E-state index contributed by atoms with van der Waals surface area (Å²) in [5, 5.41) is 15.8. The Morgan fingerprint density at radius 1 is 1.23 bits per heavy atom. The molecule has 0 aromatic carbocycles. The molecule has 0 saturated heterocycles. The molecule has 0 spiro atoms. The number of ether oxygens (including phenoxy) is 1. The molecule has 4 heterocycles. The molecule has 4 rings (SSSR count). The van der Waals surface area contributed by atoms with Crippen molar-refractivity contribution in [3.63, 3.8) is 0 Å². The summed E-state index contributed by atoms with van der Waals surface area (Å²) in [4.78, 5) is 9.14. The van der Waals surface area contributed by atoms with E-state index < -0.39 is 0 Å². The van der Waals surface area contributed by atoms with E-state index in [1.165, 1.54) is 5.01 Å². The average molecular weight is 422 g/mol. The average Bonchev–Trinajstić information content (AvgIpc) is 3.38. The SMILES string of the molecule is CCOCn1cc(CN(N)c2nc(-c3cnn(CCO)c3)ccc2N)c2cccnc21. The number of hydrazine groups is 1. The van der Waals surface area contributed by atoms with Crippen LogP contribution in [-0.2, 0) is 24.6 Å². The van der Waals surface area contributed by atoms with Gasteiger partial charge in [-0.1, -0.05) is 0 Å². The number of fused-ring (bicyclic) bond motifs is 1. The fourth-order valence-corrected chi connectivity index (χ4v) is 3.44. The van der Waals surface area contributed by atoms with E-state index in [4.69, 9.17) is 21.4 Å². The number of nitrogen functional groups attached to an aromatic ring is 1. The van der Waals surface area contributed by atoms with E-state index in [1.54, 1.807) is 23.1 Å². The molecule has 5 N–H and O–H groups in total. The zero-order valence-corrected chi connectivity index (χ0v) is 17.3. The van der Waals surface area contributed by atoms with Crippen molar-refractivity contribution in [2.75, 3.05) is 24.0 Å². The number of hydrogen-bond donors (Lipinski definition) is 3. The van der Waals surface area contributed by atoms with Crippen LogP contribution in [0, 0.1) is 0 Å². The fourth-order valence-electron chi connectivity index (χ4n) is 3.44. The Morgan fingerprint density at radius 3 is 2.90 bits per heavy atom. The number of nitrogens with zero attached hydrogens (tertiary/aromatic N) is 6. The van der Waals surface area contributed by atoms with Crippen LogP contribution in [0.2, 0.25) is 0 Å². The summed E-state index contributed by atoms with van der Waals surface area (Å²) in [6.45, 7) is 3.83. The van der Waals surface area contributed by atoms with Gasteiger partial charge in [-0.3, -0.25) is 9.69 Å². The second-order valence-corrected chi connectivity index (χ2v) is 7.07. The van der Waals surface area contributed by atoms with Gasteiger partial charge in [0.25, 0.3) is 0 Å². The zero-order valence-electron chi connectivity index (χ0n) is 17.3. The van der Waals surface area contributed by atoms with Gasteiger partial charge >= 0.3 is 0 Å².